The van der Waals surface area contributed by atoms with E-state index in [0.29, 0.717) is 11.1 Å². The predicted octanol–water partition coefficient (Wildman–Crippen LogP) is 0.310. The average molecular weight is 167 g/mol. The van der Waals surface area contributed by atoms with Crippen LogP contribution < -0.4 is 5.56 Å². The third kappa shape index (κ3) is 1.95. The van der Waals surface area contributed by atoms with Gasteiger partial charge in [-0.15, -0.1) is 0 Å². The molecule has 0 bridgehead atoms. The monoisotopic (exact) mass is 167 g/mol. The fourth-order valence-corrected chi connectivity index (χ4v) is 0.956. The van der Waals surface area contributed by atoms with Crippen molar-refractivity contribution in [1.29, 1.82) is 0 Å². The van der Waals surface area contributed by atoms with E-state index in [0.717, 1.165) is 0 Å². The van der Waals surface area contributed by atoms with Gasteiger partial charge in [-0.25, -0.2) is 0 Å². The zero-order chi connectivity index (χ0) is 9.14. The molecular formula is C8H9NO3. The maximum Gasteiger partial charge on any atom is 0.307 e. The molecule has 0 aromatic carbocycles. The van der Waals surface area contributed by atoms with Crippen LogP contribution in [0.5, 0.6) is 0 Å². The molecule has 0 atom stereocenters. The Morgan fingerprint density at radius 1 is 1.67 bits per heavy atom. The number of nitrogens with one attached hydrogen (secondary N) is 1. The summed E-state index contributed by atoms with van der Waals surface area (Å²) < 4.78 is 0. The van der Waals surface area contributed by atoms with Gasteiger partial charge in [0.2, 0.25) is 5.56 Å². The second-order valence-corrected chi connectivity index (χ2v) is 2.58. The van der Waals surface area contributed by atoms with Gasteiger partial charge in [0, 0.05) is 12.3 Å². The van der Waals surface area contributed by atoms with Crippen LogP contribution in [-0.2, 0) is 11.2 Å². The van der Waals surface area contributed by atoms with Crippen LogP contribution in [-0.4, -0.2) is 16.1 Å². The zero-order valence-corrected chi connectivity index (χ0v) is 6.63. The first kappa shape index (κ1) is 8.52. The van der Waals surface area contributed by atoms with Gasteiger partial charge >= 0.3 is 5.97 Å². The predicted molar refractivity (Wildman–Crippen MR) is 43.1 cm³/mol. The summed E-state index contributed by atoms with van der Waals surface area (Å²) in [6.07, 6.45) is 1.38. The van der Waals surface area contributed by atoms with Gasteiger partial charge in [0.1, 0.15) is 0 Å². The number of H-pyrrole nitrogens is 1. The molecule has 1 aromatic heterocycles. The molecule has 0 saturated heterocycles. The summed E-state index contributed by atoms with van der Waals surface area (Å²) in [5.74, 6) is -0.898. The molecule has 2 N–H and O–H groups in total. The van der Waals surface area contributed by atoms with Crippen molar-refractivity contribution in [3.63, 3.8) is 0 Å². The van der Waals surface area contributed by atoms with E-state index in [-0.39, 0.29) is 12.0 Å². The number of aryl methyl sites for hydroxylation is 1. The SMILES string of the molecule is Cc1cc(=O)[nH]cc1CC(=O)O. The normalized spacial score (nSPS) is 9.75. The Morgan fingerprint density at radius 2 is 2.33 bits per heavy atom. The molecule has 64 valence electrons. The minimum Gasteiger partial charge on any atom is -0.481 e. The number of carboxylic acids is 1. The van der Waals surface area contributed by atoms with Crippen molar-refractivity contribution in [2.24, 2.45) is 0 Å². The van der Waals surface area contributed by atoms with Gasteiger partial charge in [0.05, 0.1) is 6.42 Å². The maximum absolute atomic E-state index is 10.7. The number of carbonyl (C=O) groups is 1. The molecule has 4 heteroatoms. The Morgan fingerprint density at radius 3 is 2.83 bits per heavy atom. The number of aliphatic carboxylic acids is 1. The first-order chi connectivity index (χ1) is 5.59. The van der Waals surface area contributed by atoms with Gasteiger partial charge in [0.15, 0.2) is 0 Å². The van der Waals surface area contributed by atoms with Crippen LogP contribution in [0.4, 0.5) is 0 Å². The molecule has 0 spiro atoms. The van der Waals surface area contributed by atoms with E-state index < -0.39 is 5.97 Å². The molecule has 0 unspecified atom stereocenters. The van der Waals surface area contributed by atoms with E-state index in [9.17, 15) is 9.59 Å². The Bertz CT molecular complexity index is 354. The highest BCUT2D eigenvalue weighted by Gasteiger charge is 2.03. The second-order valence-electron chi connectivity index (χ2n) is 2.58. The number of aromatic nitrogens is 1. The highest BCUT2D eigenvalue weighted by Crippen LogP contribution is 2.02. The number of carboxylic acid groups (broad SMARTS) is 1. The van der Waals surface area contributed by atoms with Crippen LogP contribution in [0.2, 0.25) is 0 Å². The van der Waals surface area contributed by atoms with Gasteiger partial charge in [0.25, 0.3) is 0 Å². The van der Waals surface area contributed by atoms with Gasteiger partial charge in [-0.1, -0.05) is 0 Å². The number of rotatable bonds is 2. The second kappa shape index (κ2) is 3.21. The van der Waals surface area contributed by atoms with E-state index >= 15 is 0 Å². The van der Waals surface area contributed by atoms with Crippen molar-refractivity contribution in [3.8, 4) is 0 Å². The number of hydrogen-bond acceptors (Lipinski definition) is 2. The van der Waals surface area contributed by atoms with Crippen LogP contribution in [0.15, 0.2) is 17.1 Å². The molecule has 1 rings (SSSR count). The summed E-state index contributed by atoms with van der Waals surface area (Å²) in [5.41, 5.74) is 1.14. The molecule has 12 heavy (non-hydrogen) atoms. The lowest BCUT2D eigenvalue weighted by atomic mass is 10.1. The summed E-state index contributed by atoms with van der Waals surface area (Å²) in [6, 6.07) is 1.39. The average Bonchev–Trinajstić information content (AvgIpc) is 1.94. The molecule has 0 amide bonds. The quantitative estimate of drug-likeness (QED) is 0.666. The minimum absolute atomic E-state index is 0.0530. The molecule has 0 aliphatic rings. The minimum atomic E-state index is -0.898. The van der Waals surface area contributed by atoms with Crippen molar-refractivity contribution >= 4 is 5.97 Å². The number of hydrogen-bond donors (Lipinski definition) is 2. The van der Waals surface area contributed by atoms with E-state index in [1.807, 2.05) is 0 Å². The highest BCUT2D eigenvalue weighted by molar-refractivity contribution is 5.70. The topological polar surface area (TPSA) is 70.2 Å². The van der Waals surface area contributed by atoms with Crippen LogP contribution in [0.1, 0.15) is 11.1 Å². The van der Waals surface area contributed by atoms with Crippen LogP contribution >= 0.6 is 0 Å². The standard InChI is InChI=1S/C8H9NO3/c1-5-2-7(10)9-4-6(5)3-8(11)12/h2,4H,3H2,1H3,(H,9,10)(H,11,12). The lowest BCUT2D eigenvalue weighted by Crippen LogP contribution is -2.09. The van der Waals surface area contributed by atoms with Crippen LogP contribution in [0.3, 0.4) is 0 Å². The molecule has 0 aliphatic carbocycles. The summed E-state index contributed by atoms with van der Waals surface area (Å²) in [7, 11) is 0. The lowest BCUT2D eigenvalue weighted by Gasteiger charge is -1.99. The molecule has 0 fully saturated rings. The molecule has 1 aromatic rings. The molecule has 0 aliphatic heterocycles. The number of pyridine rings is 1. The Labute approximate surface area is 68.9 Å². The molecule has 4 nitrogen and oxygen atoms in total. The third-order valence-corrected chi connectivity index (χ3v) is 1.58. The molecular weight excluding hydrogens is 158 g/mol. The highest BCUT2D eigenvalue weighted by atomic mass is 16.4. The fourth-order valence-electron chi connectivity index (χ4n) is 0.956. The largest absolute Gasteiger partial charge is 0.481 e. The zero-order valence-electron chi connectivity index (χ0n) is 6.63. The van der Waals surface area contributed by atoms with E-state index in [2.05, 4.69) is 4.98 Å². The van der Waals surface area contributed by atoms with Crippen molar-refractivity contribution in [2.75, 3.05) is 0 Å². The molecule has 1 heterocycles. The first-order valence-electron chi connectivity index (χ1n) is 3.49. The Hall–Kier alpha value is -1.58. The van der Waals surface area contributed by atoms with Gasteiger partial charge < -0.3 is 10.1 Å². The summed E-state index contributed by atoms with van der Waals surface area (Å²) in [4.78, 5) is 23.5. The van der Waals surface area contributed by atoms with Crippen LogP contribution in [0, 0.1) is 6.92 Å². The maximum atomic E-state index is 10.7. The van der Waals surface area contributed by atoms with E-state index in [1.54, 1.807) is 6.92 Å². The van der Waals surface area contributed by atoms with Crippen molar-refractivity contribution in [2.45, 2.75) is 13.3 Å². The summed E-state index contributed by atoms with van der Waals surface area (Å²) >= 11 is 0. The van der Waals surface area contributed by atoms with Crippen molar-refractivity contribution < 1.29 is 9.90 Å². The van der Waals surface area contributed by atoms with Crippen molar-refractivity contribution in [1.82, 2.24) is 4.98 Å². The third-order valence-electron chi connectivity index (χ3n) is 1.58. The van der Waals surface area contributed by atoms with E-state index in [4.69, 9.17) is 5.11 Å². The van der Waals surface area contributed by atoms with E-state index in [1.165, 1.54) is 12.3 Å². The molecule has 0 radical (unpaired) electrons. The van der Waals surface area contributed by atoms with Gasteiger partial charge in [-0.3, -0.25) is 9.59 Å². The van der Waals surface area contributed by atoms with Crippen molar-refractivity contribution in [3.05, 3.63) is 33.7 Å². The Balaban J connectivity index is 3.01. The summed E-state index contributed by atoms with van der Waals surface area (Å²) in [6.45, 7) is 1.72. The first-order valence-corrected chi connectivity index (χ1v) is 3.49. The Kier molecular flexibility index (Phi) is 2.28. The summed E-state index contributed by atoms with van der Waals surface area (Å²) in [5, 5.41) is 8.47. The van der Waals surface area contributed by atoms with Gasteiger partial charge in [-0.05, 0) is 18.1 Å². The number of aromatic amines is 1. The molecule has 0 saturated carbocycles. The smallest absolute Gasteiger partial charge is 0.307 e. The van der Waals surface area contributed by atoms with Crippen LogP contribution in [0.25, 0.3) is 0 Å². The van der Waals surface area contributed by atoms with Gasteiger partial charge in [-0.2, -0.15) is 0 Å². The lowest BCUT2D eigenvalue weighted by molar-refractivity contribution is -0.136. The fraction of sp³-hybridized carbons (Fsp3) is 0.250.